The average Bonchev–Trinajstić information content (AvgIpc) is 2.36. The fraction of sp³-hybridized carbons (Fsp3) is 0.154. The molecule has 0 aliphatic heterocycles. The third-order valence-electron chi connectivity index (χ3n) is 2.68. The fourth-order valence-corrected chi connectivity index (χ4v) is 1.65. The third-order valence-corrected chi connectivity index (χ3v) is 2.68. The molecule has 0 amide bonds. The number of nitrogens with zero attached hydrogens (tertiary/aromatic N) is 1. The van der Waals surface area contributed by atoms with E-state index in [0.717, 1.165) is 24.3 Å². The first-order chi connectivity index (χ1) is 9.59. The second kappa shape index (κ2) is 4.94. The number of pyridine rings is 1. The maximum atomic E-state index is 12.4. The molecule has 0 bridgehead atoms. The van der Waals surface area contributed by atoms with Gasteiger partial charge in [-0.3, -0.25) is 4.98 Å². The predicted molar refractivity (Wildman–Crippen MR) is 61.3 cm³/mol. The Labute approximate surface area is 114 Å². The lowest BCUT2D eigenvalue weighted by Crippen LogP contribution is -2.06. The van der Waals surface area contributed by atoms with Gasteiger partial charge in [-0.05, 0) is 18.2 Å². The molecule has 2 rings (SSSR count). The van der Waals surface area contributed by atoms with E-state index in [1.165, 1.54) is 0 Å². The third kappa shape index (κ3) is 3.26. The summed E-state index contributed by atoms with van der Waals surface area (Å²) in [7, 11) is 0. The minimum absolute atomic E-state index is 0.0780. The Hall–Kier alpha value is -2.25. The molecular formula is C13H7F6NO. The highest BCUT2D eigenvalue weighted by molar-refractivity contribution is 5.66. The Morgan fingerprint density at radius 3 is 1.76 bits per heavy atom. The van der Waals surface area contributed by atoms with Crippen molar-refractivity contribution in [1.29, 1.82) is 0 Å². The van der Waals surface area contributed by atoms with Gasteiger partial charge >= 0.3 is 12.4 Å². The highest BCUT2D eigenvalue weighted by Crippen LogP contribution is 2.36. The van der Waals surface area contributed by atoms with Crippen LogP contribution in [-0.2, 0) is 12.4 Å². The van der Waals surface area contributed by atoms with Crippen LogP contribution in [0.5, 0.6) is 5.75 Å². The lowest BCUT2D eigenvalue weighted by Gasteiger charge is -2.10. The van der Waals surface area contributed by atoms with Crippen molar-refractivity contribution in [3.63, 3.8) is 0 Å². The molecule has 1 N–H and O–H groups in total. The van der Waals surface area contributed by atoms with Crippen LogP contribution in [0.2, 0.25) is 0 Å². The van der Waals surface area contributed by atoms with Gasteiger partial charge in [0.15, 0.2) is 0 Å². The van der Waals surface area contributed by atoms with Gasteiger partial charge in [0.2, 0.25) is 0 Å². The molecule has 1 aromatic heterocycles. The fourth-order valence-electron chi connectivity index (χ4n) is 1.65. The molecular weight excluding hydrogens is 300 g/mol. The standard InChI is InChI=1S/C13H7F6NO/c14-12(15,16)8-3-1-7(2-4-8)11-10(21)5-9(6-20-11)13(17,18)19/h1-6,21H. The zero-order valence-electron chi connectivity index (χ0n) is 10.1. The number of aromatic nitrogens is 1. The van der Waals surface area contributed by atoms with Crippen LogP contribution < -0.4 is 0 Å². The van der Waals surface area contributed by atoms with Crippen molar-refractivity contribution in [3.05, 3.63) is 47.7 Å². The molecule has 0 saturated heterocycles. The Balaban J connectivity index is 2.39. The van der Waals surface area contributed by atoms with Gasteiger partial charge in [0.25, 0.3) is 0 Å². The predicted octanol–water partition coefficient (Wildman–Crippen LogP) is 4.49. The number of benzene rings is 1. The van der Waals surface area contributed by atoms with Crippen LogP contribution >= 0.6 is 0 Å². The van der Waals surface area contributed by atoms with Crippen LogP contribution in [0.25, 0.3) is 11.3 Å². The maximum absolute atomic E-state index is 12.4. The topological polar surface area (TPSA) is 33.1 Å². The first kappa shape index (κ1) is 15.1. The van der Waals surface area contributed by atoms with Crippen molar-refractivity contribution >= 4 is 0 Å². The van der Waals surface area contributed by atoms with Crippen LogP contribution in [0, 0.1) is 0 Å². The molecule has 112 valence electrons. The highest BCUT2D eigenvalue weighted by atomic mass is 19.4. The van der Waals surface area contributed by atoms with Crippen LogP contribution in [0.15, 0.2) is 36.5 Å². The molecule has 0 spiro atoms. The first-order valence-electron chi connectivity index (χ1n) is 5.53. The van der Waals surface area contributed by atoms with Crippen molar-refractivity contribution < 1.29 is 31.4 Å². The van der Waals surface area contributed by atoms with Gasteiger partial charge in [-0.1, -0.05) is 12.1 Å². The SMILES string of the molecule is Oc1cc(C(F)(F)F)cnc1-c1ccc(C(F)(F)F)cc1. The van der Waals surface area contributed by atoms with Gasteiger partial charge in [-0.25, -0.2) is 0 Å². The minimum atomic E-state index is -4.66. The van der Waals surface area contributed by atoms with Crippen molar-refractivity contribution in [2.45, 2.75) is 12.4 Å². The molecule has 1 aromatic carbocycles. The minimum Gasteiger partial charge on any atom is -0.506 e. The smallest absolute Gasteiger partial charge is 0.418 e. The molecule has 0 aliphatic rings. The van der Waals surface area contributed by atoms with Crippen molar-refractivity contribution in [3.8, 4) is 17.0 Å². The lowest BCUT2D eigenvalue weighted by molar-refractivity contribution is -0.138. The number of hydrogen-bond donors (Lipinski definition) is 1. The number of aromatic hydroxyl groups is 1. The van der Waals surface area contributed by atoms with Crippen LogP contribution in [0.4, 0.5) is 26.3 Å². The summed E-state index contributed by atoms with van der Waals surface area (Å²) in [6.07, 6.45) is -8.68. The van der Waals surface area contributed by atoms with Gasteiger partial charge in [-0.2, -0.15) is 26.3 Å². The second-order valence-electron chi connectivity index (χ2n) is 4.16. The van der Waals surface area contributed by atoms with E-state index in [1.54, 1.807) is 0 Å². The Bertz CT molecular complexity index is 645. The van der Waals surface area contributed by atoms with E-state index < -0.39 is 29.2 Å². The molecule has 0 saturated carbocycles. The van der Waals surface area contributed by atoms with Crippen LogP contribution in [0.1, 0.15) is 11.1 Å². The lowest BCUT2D eigenvalue weighted by atomic mass is 10.1. The summed E-state index contributed by atoms with van der Waals surface area (Å²) in [6, 6.07) is 4.04. The molecule has 21 heavy (non-hydrogen) atoms. The van der Waals surface area contributed by atoms with Gasteiger partial charge in [0, 0.05) is 11.8 Å². The first-order valence-corrected chi connectivity index (χ1v) is 5.53. The average molecular weight is 307 g/mol. The highest BCUT2D eigenvalue weighted by Gasteiger charge is 2.32. The van der Waals surface area contributed by atoms with E-state index in [2.05, 4.69) is 4.98 Å². The van der Waals surface area contributed by atoms with Gasteiger partial charge in [0.1, 0.15) is 11.4 Å². The normalized spacial score (nSPS) is 12.5. The summed E-state index contributed by atoms with van der Waals surface area (Å²) in [5.41, 5.74) is -2.20. The van der Waals surface area contributed by atoms with Gasteiger partial charge in [0.05, 0.1) is 11.1 Å². The zero-order chi connectivity index (χ0) is 15.8. The van der Waals surface area contributed by atoms with Crippen molar-refractivity contribution in [2.75, 3.05) is 0 Å². The number of alkyl halides is 6. The van der Waals surface area contributed by atoms with E-state index in [-0.39, 0.29) is 11.3 Å². The summed E-state index contributed by atoms with van der Waals surface area (Å²) in [6.45, 7) is 0. The van der Waals surface area contributed by atoms with Crippen molar-refractivity contribution in [1.82, 2.24) is 4.98 Å². The molecule has 0 radical (unpaired) electrons. The molecule has 2 aromatic rings. The Morgan fingerprint density at radius 2 is 1.33 bits per heavy atom. The monoisotopic (exact) mass is 307 g/mol. The van der Waals surface area contributed by atoms with Gasteiger partial charge in [-0.15, -0.1) is 0 Å². The molecule has 0 unspecified atom stereocenters. The maximum Gasteiger partial charge on any atom is 0.418 e. The van der Waals surface area contributed by atoms with Gasteiger partial charge < -0.3 is 5.11 Å². The quantitative estimate of drug-likeness (QED) is 0.787. The number of hydrogen-bond acceptors (Lipinski definition) is 2. The number of halogens is 6. The largest absolute Gasteiger partial charge is 0.506 e. The molecule has 0 aliphatic carbocycles. The molecule has 0 fully saturated rings. The summed E-state index contributed by atoms with van der Waals surface area (Å²) >= 11 is 0. The second-order valence-corrected chi connectivity index (χ2v) is 4.16. The summed E-state index contributed by atoms with van der Waals surface area (Å²) in [5.74, 6) is -0.760. The van der Waals surface area contributed by atoms with E-state index in [9.17, 15) is 31.4 Å². The van der Waals surface area contributed by atoms with E-state index in [4.69, 9.17) is 0 Å². The van der Waals surface area contributed by atoms with Crippen LogP contribution in [0.3, 0.4) is 0 Å². The zero-order valence-corrected chi connectivity index (χ0v) is 10.1. The molecule has 2 nitrogen and oxygen atoms in total. The molecule has 1 heterocycles. The Kier molecular flexibility index (Phi) is 3.56. The van der Waals surface area contributed by atoms with E-state index in [1.807, 2.05) is 0 Å². The summed E-state index contributed by atoms with van der Waals surface area (Å²) in [5, 5.41) is 9.55. The molecule has 8 heteroatoms. The Morgan fingerprint density at radius 1 is 0.810 bits per heavy atom. The van der Waals surface area contributed by atoms with Crippen LogP contribution in [-0.4, -0.2) is 10.1 Å². The number of rotatable bonds is 1. The van der Waals surface area contributed by atoms with E-state index >= 15 is 0 Å². The summed E-state index contributed by atoms with van der Waals surface area (Å²) < 4.78 is 74.4. The summed E-state index contributed by atoms with van der Waals surface area (Å²) in [4.78, 5) is 3.46. The van der Waals surface area contributed by atoms with E-state index in [0.29, 0.717) is 12.3 Å². The van der Waals surface area contributed by atoms with Crippen molar-refractivity contribution in [2.24, 2.45) is 0 Å². The molecule has 0 atom stereocenters.